The zero-order valence-corrected chi connectivity index (χ0v) is 13.0. The average molecular weight is 308 g/mol. The van der Waals surface area contributed by atoms with E-state index in [9.17, 15) is 9.59 Å². The molecule has 1 heterocycles. The molecule has 2 aromatic rings. The van der Waals surface area contributed by atoms with Gasteiger partial charge in [0.15, 0.2) is 0 Å². The van der Waals surface area contributed by atoms with Crippen molar-refractivity contribution in [3.05, 3.63) is 68.6 Å². The average Bonchev–Trinajstić information content (AvgIpc) is 3.01. The summed E-state index contributed by atoms with van der Waals surface area (Å²) in [5.41, 5.74) is 4.56. The Morgan fingerprint density at radius 2 is 1.91 bits per heavy atom. The molecule has 0 saturated heterocycles. The van der Waals surface area contributed by atoms with Gasteiger partial charge >= 0.3 is 0 Å². The van der Waals surface area contributed by atoms with Crippen molar-refractivity contribution in [2.45, 2.75) is 44.6 Å². The Hall–Kier alpha value is -2.36. The SMILES string of the molecule is O=C(N[C@@H]1CCCc2ccccc21)c1cc2c([nH]c1=O)CCC2. The van der Waals surface area contributed by atoms with Gasteiger partial charge in [-0.2, -0.15) is 0 Å². The summed E-state index contributed by atoms with van der Waals surface area (Å²) in [6.07, 6.45) is 5.93. The van der Waals surface area contributed by atoms with Crippen molar-refractivity contribution in [3.8, 4) is 0 Å². The number of nitrogens with one attached hydrogen (secondary N) is 2. The number of hydrogen-bond acceptors (Lipinski definition) is 2. The van der Waals surface area contributed by atoms with Gasteiger partial charge in [0.05, 0.1) is 6.04 Å². The Bertz CT molecular complexity index is 822. The maximum atomic E-state index is 12.6. The predicted octanol–water partition coefficient (Wildman–Crippen LogP) is 2.67. The van der Waals surface area contributed by atoms with Gasteiger partial charge < -0.3 is 10.3 Å². The number of fused-ring (bicyclic) bond motifs is 2. The largest absolute Gasteiger partial charge is 0.345 e. The lowest BCUT2D eigenvalue weighted by Gasteiger charge is -2.26. The molecule has 4 heteroatoms. The maximum absolute atomic E-state index is 12.6. The molecule has 1 aromatic heterocycles. The third kappa shape index (κ3) is 2.58. The van der Waals surface area contributed by atoms with Crippen LogP contribution in [0.25, 0.3) is 0 Å². The molecule has 0 bridgehead atoms. The summed E-state index contributed by atoms with van der Waals surface area (Å²) in [5, 5.41) is 3.06. The minimum Gasteiger partial charge on any atom is -0.345 e. The molecule has 1 aromatic carbocycles. The zero-order valence-electron chi connectivity index (χ0n) is 13.0. The van der Waals surface area contributed by atoms with Crippen LogP contribution >= 0.6 is 0 Å². The molecule has 0 spiro atoms. The number of amides is 1. The van der Waals surface area contributed by atoms with E-state index in [-0.39, 0.29) is 23.1 Å². The van der Waals surface area contributed by atoms with Crippen LogP contribution in [0.3, 0.4) is 0 Å². The van der Waals surface area contributed by atoms with Crippen LogP contribution in [-0.2, 0) is 19.3 Å². The number of hydrogen-bond donors (Lipinski definition) is 2. The smallest absolute Gasteiger partial charge is 0.261 e. The summed E-state index contributed by atoms with van der Waals surface area (Å²) in [6, 6.07) is 10.0. The molecule has 0 saturated carbocycles. The lowest BCUT2D eigenvalue weighted by Crippen LogP contribution is -2.34. The summed E-state index contributed by atoms with van der Waals surface area (Å²) < 4.78 is 0. The monoisotopic (exact) mass is 308 g/mol. The molecule has 2 aliphatic carbocycles. The molecule has 0 fully saturated rings. The molecule has 1 amide bonds. The van der Waals surface area contributed by atoms with Gasteiger partial charge in [0.2, 0.25) is 0 Å². The summed E-state index contributed by atoms with van der Waals surface area (Å²) >= 11 is 0. The highest BCUT2D eigenvalue weighted by atomic mass is 16.2. The summed E-state index contributed by atoms with van der Waals surface area (Å²) in [7, 11) is 0. The Morgan fingerprint density at radius 3 is 2.83 bits per heavy atom. The van der Waals surface area contributed by atoms with Gasteiger partial charge in [-0.05, 0) is 61.3 Å². The highest BCUT2D eigenvalue weighted by Gasteiger charge is 2.24. The molecule has 0 aliphatic heterocycles. The lowest BCUT2D eigenvalue weighted by atomic mass is 9.87. The van der Waals surface area contributed by atoms with Gasteiger partial charge in [-0.3, -0.25) is 9.59 Å². The summed E-state index contributed by atoms with van der Waals surface area (Å²) in [5.74, 6) is -0.261. The van der Waals surface area contributed by atoms with Crippen molar-refractivity contribution in [2.24, 2.45) is 0 Å². The molecule has 4 rings (SSSR count). The summed E-state index contributed by atoms with van der Waals surface area (Å²) in [4.78, 5) is 27.7. The van der Waals surface area contributed by atoms with Crippen molar-refractivity contribution >= 4 is 5.91 Å². The molecule has 4 nitrogen and oxygen atoms in total. The van der Waals surface area contributed by atoms with Crippen LogP contribution in [0, 0.1) is 0 Å². The fraction of sp³-hybridized carbons (Fsp3) is 0.368. The van der Waals surface area contributed by atoms with Gasteiger partial charge in [0.1, 0.15) is 5.56 Å². The van der Waals surface area contributed by atoms with Crippen LogP contribution in [0.15, 0.2) is 35.1 Å². The summed E-state index contributed by atoms with van der Waals surface area (Å²) in [6.45, 7) is 0. The second kappa shape index (κ2) is 5.69. The van der Waals surface area contributed by atoms with Crippen LogP contribution in [0.4, 0.5) is 0 Å². The first-order chi connectivity index (χ1) is 11.2. The van der Waals surface area contributed by atoms with Gasteiger partial charge in [0.25, 0.3) is 11.5 Å². The molecule has 2 N–H and O–H groups in total. The zero-order chi connectivity index (χ0) is 15.8. The highest BCUT2D eigenvalue weighted by Crippen LogP contribution is 2.29. The van der Waals surface area contributed by atoms with Crippen molar-refractivity contribution < 1.29 is 4.79 Å². The van der Waals surface area contributed by atoms with Crippen molar-refractivity contribution in [1.82, 2.24) is 10.3 Å². The molecule has 23 heavy (non-hydrogen) atoms. The third-order valence-electron chi connectivity index (χ3n) is 5.01. The number of carbonyl (C=O) groups is 1. The molecule has 0 unspecified atom stereocenters. The number of carbonyl (C=O) groups excluding carboxylic acids is 1. The highest BCUT2D eigenvalue weighted by molar-refractivity contribution is 5.94. The van der Waals surface area contributed by atoms with Crippen LogP contribution in [0.5, 0.6) is 0 Å². The number of aromatic amines is 1. The van der Waals surface area contributed by atoms with Crippen LogP contribution in [0.2, 0.25) is 0 Å². The van der Waals surface area contributed by atoms with Gasteiger partial charge in [-0.1, -0.05) is 24.3 Å². The topological polar surface area (TPSA) is 62.0 Å². The van der Waals surface area contributed by atoms with Gasteiger partial charge in [-0.25, -0.2) is 0 Å². The van der Waals surface area contributed by atoms with E-state index in [1.165, 1.54) is 11.1 Å². The number of benzene rings is 1. The van der Waals surface area contributed by atoms with Gasteiger partial charge in [0, 0.05) is 5.69 Å². The second-order valence-electron chi connectivity index (χ2n) is 6.49. The van der Waals surface area contributed by atoms with E-state index in [2.05, 4.69) is 22.4 Å². The van der Waals surface area contributed by atoms with Crippen molar-refractivity contribution in [1.29, 1.82) is 0 Å². The number of aromatic nitrogens is 1. The van der Waals surface area contributed by atoms with E-state index in [1.807, 2.05) is 12.1 Å². The number of H-pyrrole nitrogens is 1. The first-order valence-electron chi connectivity index (χ1n) is 8.36. The van der Waals surface area contributed by atoms with E-state index < -0.39 is 0 Å². The second-order valence-corrected chi connectivity index (χ2v) is 6.49. The Morgan fingerprint density at radius 1 is 1.09 bits per heavy atom. The fourth-order valence-corrected chi connectivity index (χ4v) is 3.82. The van der Waals surface area contributed by atoms with Crippen LogP contribution in [0.1, 0.15) is 58.0 Å². The van der Waals surface area contributed by atoms with Crippen LogP contribution < -0.4 is 10.9 Å². The van der Waals surface area contributed by atoms with Crippen LogP contribution in [-0.4, -0.2) is 10.9 Å². The Balaban J connectivity index is 1.61. The minimum atomic E-state index is -0.271. The lowest BCUT2D eigenvalue weighted by molar-refractivity contribution is 0.0931. The van der Waals surface area contributed by atoms with Crippen molar-refractivity contribution in [2.75, 3.05) is 0 Å². The predicted molar refractivity (Wildman–Crippen MR) is 88.7 cm³/mol. The third-order valence-corrected chi connectivity index (χ3v) is 5.01. The fourth-order valence-electron chi connectivity index (χ4n) is 3.82. The number of aryl methyl sites for hydroxylation is 3. The molecular formula is C19H20N2O2. The normalized spacial score (nSPS) is 19.0. The Kier molecular flexibility index (Phi) is 3.52. The first kappa shape index (κ1) is 14.2. The molecule has 1 atom stereocenters. The molecular weight excluding hydrogens is 288 g/mol. The minimum absolute atomic E-state index is 0.0000968. The van der Waals surface area contributed by atoms with Crippen molar-refractivity contribution in [3.63, 3.8) is 0 Å². The molecule has 2 aliphatic rings. The van der Waals surface area contributed by atoms with E-state index in [1.54, 1.807) is 6.07 Å². The van der Waals surface area contributed by atoms with E-state index in [0.717, 1.165) is 49.8 Å². The quantitative estimate of drug-likeness (QED) is 0.896. The standard InChI is InChI=1S/C19H20N2O2/c22-18-15(11-13-7-4-9-16(13)20-18)19(23)21-17-10-3-6-12-5-1-2-8-14(12)17/h1-2,5,8,11,17H,3-4,6-7,9-10H2,(H,20,22)(H,21,23)/t17-/m1/s1. The van der Waals surface area contributed by atoms with E-state index in [0.29, 0.717) is 0 Å². The molecule has 118 valence electrons. The van der Waals surface area contributed by atoms with E-state index >= 15 is 0 Å². The Labute approximate surface area is 134 Å². The number of pyridine rings is 1. The number of rotatable bonds is 2. The first-order valence-corrected chi connectivity index (χ1v) is 8.36. The maximum Gasteiger partial charge on any atom is 0.261 e. The molecule has 0 radical (unpaired) electrons. The van der Waals surface area contributed by atoms with E-state index in [4.69, 9.17) is 0 Å². The van der Waals surface area contributed by atoms with Gasteiger partial charge in [-0.15, -0.1) is 0 Å².